The van der Waals surface area contributed by atoms with Gasteiger partial charge in [-0.15, -0.1) is 0 Å². The molecule has 1 aromatic heterocycles. The topological polar surface area (TPSA) is 65.2 Å². The van der Waals surface area contributed by atoms with Crippen LogP contribution < -0.4 is 5.32 Å². The number of nitrogens with one attached hydrogen (secondary N) is 2. The van der Waals surface area contributed by atoms with Crippen LogP contribution in [0.25, 0.3) is 10.9 Å². The fraction of sp³-hybridized carbons (Fsp3) is 0.545. The molecule has 2 amide bonds. The number of hydrogen-bond donors (Lipinski definition) is 2. The van der Waals surface area contributed by atoms with Crippen LogP contribution in [0.5, 0.6) is 0 Å². The van der Waals surface area contributed by atoms with Gasteiger partial charge in [0.05, 0.1) is 6.42 Å². The summed E-state index contributed by atoms with van der Waals surface area (Å²) in [6.07, 6.45) is 8.43. The van der Waals surface area contributed by atoms with E-state index < -0.39 is 5.54 Å². The summed E-state index contributed by atoms with van der Waals surface area (Å²) in [7, 11) is 1.75. The Morgan fingerprint density at radius 2 is 1.93 bits per heavy atom. The van der Waals surface area contributed by atoms with Crippen LogP contribution in [0.4, 0.5) is 0 Å². The highest BCUT2D eigenvalue weighted by molar-refractivity contribution is 5.93. The van der Waals surface area contributed by atoms with Crippen LogP contribution in [0, 0.1) is 0 Å². The lowest BCUT2D eigenvalue weighted by Crippen LogP contribution is -2.59. The lowest BCUT2D eigenvalue weighted by molar-refractivity contribution is -0.145. The van der Waals surface area contributed by atoms with Crippen molar-refractivity contribution in [2.75, 3.05) is 7.05 Å². The van der Waals surface area contributed by atoms with Crippen molar-refractivity contribution in [2.24, 2.45) is 0 Å². The van der Waals surface area contributed by atoms with Gasteiger partial charge in [-0.2, -0.15) is 0 Å². The van der Waals surface area contributed by atoms with E-state index in [1.165, 1.54) is 19.3 Å². The molecule has 0 saturated heterocycles. The molecule has 1 saturated carbocycles. The fourth-order valence-electron chi connectivity index (χ4n) is 3.97. The number of amides is 2. The minimum Gasteiger partial charge on any atom is -0.361 e. The van der Waals surface area contributed by atoms with Gasteiger partial charge in [0.1, 0.15) is 5.54 Å². The second-order valence-electron chi connectivity index (χ2n) is 7.92. The Morgan fingerprint density at radius 3 is 2.63 bits per heavy atom. The van der Waals surface area contributed by atoms with Crippen LogP contribution in [0.3, 0.4) is 0 Å². The third-order valence-electron chi connectivity index (χ3n) is 6.25. The molecule has 1 fully saturated rings. The second kappa shape index (κ2) is 8.15. The molecule has 0 aliphatic heterocycles. The molecule has 0 spiro atoms. The monoisotopic (exact) mass is 369 g/mol. The number of nitrogens with zero attached hydrogens (tertiary/aromatic N) is 1. The number of fused-ring (bicyclic) bond motifs is 1. The van der Waals surface area contributed by atoms with Crippen molar-refractivity contribution in [3.8, 4) is 0 Å². The maximum absolute atomic E-state index is 13.0. The number of carbonyl (C=O) groups excluding carboxylic acids is 2. The van der Waals surface area contributed by atoms with Gasteiger partial charge in [0.15, 0.2) is 0 Å². The Kier molecular flexibility index (Phi) is 5.88. The van der Waals surface area contributed by atoms with Crippen LogP contribution in [0.1, 0.15) is 57.9 Å². The van der Waals surface area contributed by atoms with Gasteiger partial charge in [-0.05, 0) is 37.8 Å². The van der Waals surface area contributed by atoms with Crippen molar-refractivity contribution in [1.82, 2.24) is 15.2 Å². The average Bonchev–Trinajstić information content (AvgIpc) is 3.10. The van der Waals surface area contributed by atoms with Crippen LogP contribution in [-0.2, 0) is 16.0 Å². The fourth-order valence-corrected chi connectivity index (χ4v) is 3.97. The first-order valence-corrected chi connectivity index (χ1v) is 10.1. The first-order valence-electron chi connectivity index (χ1n) is 10.1. The minimum absolute atomic E-state index is 0.0355. The van der Waals surface area contributed by atoms with Crippen LogP contribution >= 0.6 is 0 Å². The van der Waals surface area contributed by atoms with E-state index in [1.54, 1.807) is 11.9 Å². The zero-order chi connectivity index (χ0) is 19.4. The number of aromatic amines is 1. The Labute approximate surface area is 161 Å². The van der Waals surface area contributed by atoms with Gasteiger partial charge < -0.3 is 15.2 Å². The highest BCUT2D eigenvalue weighted by Gasteiger charge is 2.39. The zero-order valence-electron chi connectivity index (χ0n) is 16.7. The summed E-state index contributed by atoms with van der Waals surface area (Å²) >= 11 is 0. The number of likely N-dealkylation sites (N-methyl/N-ethyl adjacent to an activating group) is 1. The standard InChI is InChI=1S/C22H31N3O2/c1-4-22(2,21(27)24-17-10-6-5-7-11-17)25(3)20(26)14-16-15-23-19-13-9-8-12-18(16)19/h8-9,12-13,15,17,23H,4-7,10-11,14H2,1-3H3,(H,24,27)/t22-/m1/s1. The molecule has 1 heterocycles. The van der Waals surface area contributed by atoms with Gasteiger partial charge in [0.2, 0.25) is 11.8 Å². The maximum Gasteiger partial charge on any atom is 0.245 e. The largest absolute Gasteiger partial charge is 0.361 e. The first kappa shape index (κ1) is 19.5. The number of carbonyl (C=O) groups is 2. The summed E-state index contributed by atoms with van der Waals surface area (Å²) in [6, 6.07) is 8.21. The van der Waals surface area contributed by atoms with Crippen LogP contribution in [0.15, 0.2) is 30.5 Å². The molecule has 5 nitrogen and oxygen atoms in total. The Morgan fingerprint density at radius 1 is 1.22 bits per heavy atom. The summed E-state index contributed by atoms with van der Waals surface area (Å²) in [5.41, 5.74) is 1.16. The molecule has 3 rings (SSSR count). The van der Waals surface area contributed by atoms with E-state index in [1.807, 2.05) is 44.3 Å². The van der Waals surface area contributed by atoms with Crippen molar-refractivity contribution < 1.29 is 9.59 Å². The average molecular weight is 370 g/mol. The summed E-state index contributed by atoms with van der Waals surface area (Å²) in [5, 5.41) is 4.26. The number of aromatic nitrogens is 1. The molecule has 0 bridgehead atoms. The normalized spacial score (nSPS) is 17.4. The number of para-hydroxylation sites is 1. The van der Waals surface area contributed by atoms with Gasteiger partial charge in [0.25, 0.3) is 0 Å². The Bertz CT molecular complexity index is 807. The predicted octanol–water partition coefficient (Wildman–Crippen LogP) is 3.79. The highest BCUT2D eigenvalue weighted by Crippen LogP contribution is 2.24. The van der Waals surface area contributed by atoms with Crippen molar-refractivity contribution in [2.45, 2.75) is 70.4 Å². The highest BCUT2D eigenvalue weighted by atomic mass is 16.2. The molecule has 1 atom stereocenters. The van der Waals surface area contributed by atoms with Crippen LogP contribution in [-0.4, -0.2) is 40.3 Å². The van der Waals surface area contributed by atoms with Crippen molar-refractivity contribution in [3.05, 3.63) is 36.0 Å². The SMILES string of the molecule is CC[C@](C)(C(=O)NC1CCCCC1)N(C)C(=O)Cc1c[nH]c2ccccc12. The van der Waals surface area contributed by atoms with E-state index in [-0.39, 0.29) is 24.3 Å². The van der Waals surface area contributed by atoms with Gasteiger partial charge in [-0.25, -0.2) is 0 Å². The van der Waals surface area contributed by atoms with Gasteiger partial charge in [-0.1, -0.05) is 44.4 Å². The predicted molar refractivity (Wildman–Crippen MR) is 108 cm³/mol. The number of hydrogen-bond acceptors (Lipinski definition) is 2. The summed E-state index contributed by atoms with van der Waals surface area (Å²) in [4.78, 5) is 30.8. The van der Waals surface area contributed by atoms with Crippen molar-refractivity contribution >= 4 is 22.7 Å². The summed E-state index contributed by atoms with van der Waals surface area (Å²) < 4.78 is 0. The van der Waals surface area contributed by atoms with E-state index in [0.29, 0.717) is 6.42 Å². The van der Waals surface area contributed by atoms with E-state index in [2.05, 4.69) is 10.3 Å². The molecule has 146 valence electrons. The molecule has 2 N–H and O–H groups in total. The molecule has 27 heavy (non-hydrogen) atoms. The van der Waals surface area contributed by atoms with Gasteiger partial charge in [-0.3, -0.25) is 9.59 Å². The Hall–Kier alpha value is -2.30. The van der Waals surface area contributed by atoms with E-state index in [9.17, 15) is 9.59 Å². The van der Waals surface area contributed by atoms with E-state index in [0.717, 1.165) is 29.3 Å². The summed E-state index contributed by atoms with van der Waals surface area (Å²) in [5.74, 6) is -0.0745. The lowest BCUT2D eigenvalue weighted by atomic mass is 9.91. The van der Waals surface area contributed by atoms with Crippen molar-refractivity contribution in [3.63, 3.8) is 0 Å². The first-order chi connectivity index (χ1) is 13.0. The molecule has 1 aliphatic carbocycles. The molecular formula is C22H31N3O2. The maximum atomic E-state index is 13.0. The van der Waals surface area contributed by atoms with Crippen molar-refractivity contribution in [1.29, 1.82) is 0 Å². The van der Waals surface area contributed by atoms with Crippen LogP contribution in [0.2, 0.25) is 0 Å². The number of H-pyrrole nitrogens is 1. The molecule has 1 aromatic carbocycles. The van der Waals surface area contributed by atoms with E-state index >= 15 is 0 Å². The molecule has 0 radical (unpaired) electrons. The Balaban J connectivity index is 1.71. The third-order valence-corrected chi connectivity index (χ3v) is 6.25. The molecule has 5 heteroatoms. The number of benzene rings is 1. The van der Waals surface area contributed by atoms with E-state index in [4.69, 9.17) is 0 Å². The smallest absolute Gasteiger partial charge is 0.245 e. The molecule has 1 aliphatic rings. The van der Waals surface area contributed by atoms with Gasteiger partial charge >= 0.3 is 0 Å². The summed E-state index contributed by atoms with van der Waals surface area (Å²) in [6.45, 7) is 3.84. The molecule has 2 aromatic rings. The lowest BCUT2D eigenvalue weighted by Gasteiger charge is -2.38. The third kappa shape index (κ3) is 4.02. The van der Waals surface area contributed by atoms with Gasteiger partial charge in [0, 0.05) is 30.2 Å². The minimum atomic E-state index is -0.833. The quantitative estimate of drug-likeness (QED) is 0.814. The second-order valence-corrected chi connectivity index (χ2v) is 7.92. The molecular weight excluding hydrogens is 338 g/mol. The zero-order valence-corrected chi connectivity index (χ0v) is 16.7. The number of rotatable bonds is 6. The molecule has 0 unspecified atom stereocenters.